The molecule has 0 radical (unpaired) electrons. The third kappa shape index (κ3) is 3.00. The molecule has 2 aromatic heterocycles. The van der Waals surface area contributed by atoms with E-state index in [0.29, 0.717) is 0 Å². The van der Waals surface area contributed by atoms with Crippen molar-refractivity contribution in [3.63, 3.8) is 0 Å². The molecule has 1 aliphatic heterocycles. The van der Waals surface area contributed by atoms with E-state index in [-0.39, 0.29) is 11.2 Å². The van der Waals surface area contributed by atoms with E-state index in [9.17, 15) is 19.9 Å². The molecule has 1 aliphatic rings. The number of phosphoric acid groups is 1. The van der Waals surface area contributed by atoms with E-state index in [4.69, 9.17) is 14.5 Å². The van der Waals surface area contributed by atoms with Crippen LogP contribution in [0.4, 0.5) is 0 Å². The second-order valence-electron chi connectivity index (χ2n) is 5.32. The van der Waals surface area contributed by atoms with Crippen LogP contribution in [-0.4, -0.2) is 59.5 Å². The fraction of sp³-hybridized carbons (Fsp3) is 0.545. The van der Waals surface area contributed by atoms with Gasteiger partial charge in [0.2, 0.25) is 6.23 Å². The van der Waals surface area contributed by atoms with Crippen LogP contribution in [-0.2, 0) is 20.9 Å². The lowest BCUT2D eigenvalue weighted by molar-refractivity contribution is -0.745. The molecule has 4 atom stereocenters. The van der Waals surface area contributed by atoms with Crippen LogP contribution in [0.15, 0.2) is 12.7 Å². The number of phosphoric ester groups is 1. The summed E-state index contributed by atoms with van der Waals surface area (Å²) in [6, 6.07) is 0. The maximum absolute atomic E-state index is 11.8. The fourth-order valence-electron chi connectivity index (χ4n) is 2.60. The van der Waals surface area contributed by atoms with E-state index in [2.05, 4.69) is 14.5 Å². The van der Waals surface area contributed by atoms with Gasteiger partial charge in [-0.1, -0.05) is 4.98 Å². The molecule has 0 bridgehead atoms. The number of aromatic nitrogens is 4. The first kappa shape index (κ1) is 17.2. The van der Waals surface area contributed by atoms with Crippen LogP contribution in [0.1, 0.15) is 6.23 Å². The summed E-state index contributed by atoms with van der Waals surface area (Å²) < 4.78 is 23.3. The molecule has 0 aliphatic carbocycles. The highest BCUT2D eigenvalue weighted by Gasteiger charge is 2.47. The lowest BCUT2D eigenvalue weighted by atomic mass is 10.1. The average molecular weight is 362 g/mol. The Kier molecular flexibility index (Phi) is 4.30. The van der Waals surface area contributed by atoms with Gasteiger partial charge in [-0.25, -0.2) is 14.1 Å². The van der Waals surface area contributed by atoms with Gasteiger partial charge in [-0.2, -0.15) is 0 Å². The van der Waals surface area contributed by atoms with Crippen molar-refractivity contribution in [2.75, 3.05) is 6.61 Å². The predicted molar refractivity (Wildman–Crippen MR) is 72.1 cm³/mol. The molecule has 0 unspecified atom stereocenters. The van der Waals surface area contributed by atoms with Crippen molar-refractivity contribution in [1.29, 1.82) is 0 Å². The van der Waals surface area contributed by atoms with Crippen LogP contribution in [0.2, 0.25) is 0 Å². The molecule has 0 saturated carbocycles. The van der Waals surface area contributed by atoms with E-state index < -0.39 is 44.8 Å². The van der Waals surface area contributed by atoms with E-state index in [1.807, 2.05) is 0 Å². The molecule has 24 heavy (non-hydrogen) atoms. The van der Waals surface area contributed by atoms with Crippen LogP contribution in [0.3, 0.4) is 0 Å². The maximum atomic E-state index is 11.8. The van der Waals surface area contributed by atoms with Gasteiger partial charge in [-0.15, -0.1) is 0 Å². The topological polar surface area (TPSA) is 174 Å². The smallest absolute Gasteiger partial charge is 0.469 e. The Labute approximate surface area is 134 Å². The van der Waals surface area contributed by atoms with Crippen molar-refractivity contribution in [2.45, 2.75) is 24.5 Å². The molecule has 4 N–H and O–H groups in total. The zero-order chi connectivity index (χ0) is 17.6. The number of fused-ring (bicyclic) bond motifs is 1. The third-order valence-corrected chi connectivity index (χ3v) is 4.17. The van der Waals surface area contributed by atoms with Crippen molar-refractivity contribution >= 4 is 19.0 Å². The zero-order valence-corrected chi connectivity index (χ0v) is 13.2. The molecule has 1 saturated heterocycles. The molecule has 0 amide bonds. The van der Waals surface area contributed by atoms with Crippen LogP contribution in [0, 0.1) is 0 Å². The van der Waals surface area contributed by atoms with Gasteiger partial charge in [0.05, 0.1) is 13.7 Å². The number of aliphatic hydroxyl groups is 2. The van der Waals surface area contributed by atoms with Crippen LogP contribution in [0.5, 0.6) is 5.88 Å². The number of hydrogen-bond donors (Lipinski definition) is 4. The summed E-state index contributed by atoms with van der Waals surface area (Å²) in [5.74, 6) is -0.518. The van der Waals surface area contributed by atoms with Crippen molar-refractivity contribution in [2.24, 2.45) is 7.05 Å². The van der Waals surface area contributed by atoms with Gasteiger partial charge in [-0.3, -0.25) is 9.09 Å². The summed E-state index contributed by atoms with van der Waals surface area (Å²) in [5, 5.41) is 32.0. The number of imidazole rings is 1. The average Bonchev–Trinajstić information content (AvgIpc) is 2.96. The first-order valence-corrected chi connectivity index (χ1v) is 8.32. The standard InChI is InChI=1S/C11H15N4O8P/c1-14-4-15(9-6(14)10(18)13-3-12-9)11-8(17)7(16)5(23-11)2-22-24(19,20)21/h3-5,7-8,11,16-17H,2H2,1H3,(H2-,12,13,18,19,20,21)/t5-,7-,8-,11-/m1/s1. The highest BCUT2D eigenvalue weighted by Crippen LogP contribution is 2.37. The summed E-state index contributed by atoms with van der Waals surface area (Å²) in [5.41, 5.74) is 0.364. The highest BCUT2D eigenvalue weighted by atomic mass is 31.2. The minimum absolute atomic E-state index is 0.178. The van der Waals surface area contributed by atoms with Crippen LogP contribution < -0.4 is 9.67 Å². The Bertz CT molecular complexity index is 807. The Morgan fingerprint density at radius 2 is 2.12 bits per heavy atom. The zero-order valence-electron chi connectivity index (χ0n) is 12.3. The van der Waals surface area contributed by atoms with Gasteiger partial charge in [-0.05, 0) is 0 Å². The summed E-state index contributed by atoms with van der Waals surface area (Å²) in [4.78, 5) is 25.0. The summed E-state index contributed by atoms with van der Waals surface area (Å²) in [6.45, 7) is -0.619. The number of rotatable bonds is 4. The lowest BCUT2D eigenvalue weighted by Crippen LogP contribution is -2.45. The quantitative estimate of drug-likeness (QED) is 0.325. The second-order valence-corrected chi connectivity index (χ2v) is 6.56. The fourth-order valence-corrected chi connectivity index (χ4v) is 2.95. The molecule has 3 heterocycles. The first-order valence-electron chi connectivity index (χ1n) is 6.79. The molecule has 2 aromatic rings. The van der Waals surface area contributed by atoms with Gasteiger partial charge in [0.15, 0.2) is 18.2 Å². The molecule has 13 heteroatoms. The van der Waals surface area contributed by atoms with Crippen molar-refractivity contribution in [1.82, 2.24) is 14.5 Å². The molecule has 0 aromatic carbocycles. The van der Waals surface area contributed by atoms with Crippen molar-refractivity contribution in [3.05, 3.63) is 12.7 Å². The minimum atomic E-state index is -4.74. The largest absolute Gasteiger partial charge is 0.856 e. The van der Waals surface area contributed by atoms with Gasteiger partial charge in [0, 0.05) is 5.88 Å². The van der Waals surface area contributed by atoms with Crippen LogP contribution in [0.25, 0.3) is 11.2 Å². The number of ether oxygens (including phenoxy) is 1. The first-order chi connectivity index (χ1) is 11.2. The van der Waals surface area contributed by atoms with Gasteiger partial charge >= 0.3 is 13.5 Å². The third-order valence-electron chi connectivity index (χ3n) is 3.68. The number of aliphatic hydroxyl groups excluding tert-OH is 2. The van der Waals surface area contributed by atoms with E-state index in [1.165, 1.54) is 15.5 Å². The van der Waals surface area contributed by atoms with Crippen molar-refractivity contribution < 1.29 is 43.5 Å². The summed E-state index contributed by atoms with van der Waals surface area (Å²) in [7, 11) is -3.16. The number of aryl methyl sites for hydroxylation is 1. The molecular formula is C11H15N4O8P. The second kappa shape index (κ2) is 6.01. The van der Waals surface area contributed by atoms with Crippen molar-refractivity contribution in [3.8, 4) is 5.88 Å². The highest BCUT2D eigenvalue weighted by molar-refractivity contribution is 7.46. The monoisotopic (exact) mass is 362 g/mol. The molecule has 132 valence electrons. The minimum Gasteiger partial charge on any atom is -0.856 e. The van der Waals surface area contributed by atoms with Gasteiger partial charge in [0.1, 0.15) is 18.3 Å². The molecule has 12 nitrogen and oxygen atoms in total. The SMILES string of the molecule is Cn1c[n+]([C@@H]2O[C@H](COP(=O)(O)O)[C@@H](O)[C@H]2O)c2ncnc([O-])c21. The molecule has 3 rings (SSSR count). The summed E-state index contributed by atoms with van der Waals surface area (Å²) in [6.07, 6.45) is -2.66. The molecule has 1 fully saturated rings. The summed E-state index contributed by atoms with van der Waals surface area (Å²) >= 11 is 0. The van der Waals surface area contributed by atoms with E-state index in [1.54, 1.807) is 7.05 Å². The van der Waals surface area contributed by atoms with E-state index in [0.717, 1.165) is 6.33 Å². The lowest BCUT2D eigenvalue weighted by Gasteiger charge is -2.14. The Morgan fingerprint density at radius 1 is 1.42 bits per heavy atom. The molecule has 0 spiro atoms. The van der Waals surface area contributed by atoms with Crippen LogP contribution >= 0.6 is 7.82 Å². The Balaban J connectivity index is 1.90. The van der Waals surface area contributed by atoms with Gasteiger partial charge in [0.25, 0.3) is 0 Å². The maximum Gasteiger partial charge on any atom is 0.469 e. The Hall–Kier alpha value is -1.66. The normalized spacial score (nSPS) is 27.9. The predicted octanol–water partition coefficient (Wildman–Crippen LogP) is -2.94. The van der Waals surface area contributed by atoms with E-state index >= 15 is 0 Å². The number of hydrogen-bond acceptors (Lipinski definition) is 8. The molecular weight excluding hydrogens is 347 g/mol. The number of nitrogens with zero attached hydrogens (tertiary/aromatic N) is 4. The van der Waals surface area contributed by atoms with Gasteiger partial charge < -0.3 is 29.8 Å². The Morgan fingerprint density at radius 3 is 2.79 bits per heavy atom.